The van der Waals surface area contributed by atoms with Crippen LogP contribution in [0, 0.1) is 20.2 Å². The number of non-ortho nitro benzene ring substituents is 2. The number of amides is 2. The van der Waals surface area contributed by atoms with Gasteiger partial charge in [0.05, 0.1) is 22.9 Å². The average molecular weight is 683 g/mol. The maximum Gasteiger partial charge on any atom is 0.289 e. The van der Waals surface area contributed by atoms with Gasteiger partial charge in [0.2, 0.25) is 0 Å². The summed E-state index contributed by atoms with van der Waals surface area (Å²) in [6.45, 7) is 0.362. The normalized spacial score (nSPS) is 19.2. The second-order valence-electron chi connectivity index (χ2n) is 10.5. The number of nitro groups is 2. The summed E-state index contributed by atoms with van der Waals surface area (Å²) >= 11 is 1.89. The van der Waals surface area contributed by atoms with Crippen LogP contribution < -0.4 is 10.6 Å². The Morgan fingerprint density at radius 3 is 1.38 bits per heavy atom. The molecular weight excluding hydrogens is 657 g/mol. The maximum atomic E-state index is 13.4. The zero-order valence-corrected chi connectivity index (χ0v) is 26.5. The number of hydrogen-bond acceptors (Lipinski definition) is 12. The predicted molar refractivity (Wildman–Crippen MR) is 186 cm³/mol. The van der Waals surface area contributed by atoms with Crippen molar-refractivity contribution in [3.05, 3.63) is 141 Å². The topological polar surface area (TPSA) is 176 Å². The van der Waals surface area contributed by atoms with Crippen molar-refractivity contribution in [2.45, 2.75) is 23.8 Å². The number of nitrogens with zero attached hydrogens (tertiary/aromatic N) is 6. The Bertz CT molecular complexity index is 1790. The van der Waals surface area contributed by atoms with Crippen molar-refractivity contribution < 1.29 is 19.4 Å². The van der Waals surface area contributed by atoms with Crippen LogP contribution in [0.25, 0.3) is 0 Å². The van der Waals surface area contributed by atoms with Crippen molar-refractivity contribution in [2.75, 3.05) is 10.6 Å². The van der Waals surface area contributed by atoms with Crippen molar-refractivity contribution >= 4 is 68.4 Å². The molecule has 2 fully saturated rings. The van der Waals surface area contributed by atoms with Crippen molar-refractivity contribution in [3.63, 3.8) is 0 Å². The first-order valence-electron chi connectivity index (χ1n) is 14.5. The minimum atomic E-state index is -0.775. The van der Waals surface area contributed by atoms with E-state index in [9.17, 15) is 29.8 Å². The molecule has 2 amide bonds. The maximum absolute atomic E-state index is 13.4. The molecule has 0 bridgehead atoms. The molecule has 48 heavy (non-hydrogen) atoms. The first-order chi connectivity index (χ1) is 23.2. The first kappa shape index (κ1) is 32.2. The van der Waals surface area contributed by atoms with Crippen LogP contribution >= 0.6 is 23.5 Å². The van der Waals surface area contributed by atoms with Crippen LogP contribution in [0.15, 0.2) is 119 Å². The number of carbonyl (C=O) groups excluding carboxylic acids is 2. The van der Waals surface area contributed by atoms with E-state index >= 15 is 0 Å². The Labute approximate surface area is 282 Å². The molecule has 2 aliphatic rings. The fraction of sp³-hybridized carbons (Fsp3) is 0.125. The van der Waals surface area contributed by atoms with Crippen molar-refractivity contribution in [3.8, 4) is 0 Å². The monoisotopic (exact) mass is 682 g/mol. The highest BCUT2D eigenvalue weighted by atomic mass is 32.2. The summed E-state index contributed by atoms with van der Waals surface area (Å²) in [5.41, 5.74) is 2.23. The van der Waals surface area contributed by atoms with E-state index in [1.54, 1.807) is 12.1 Å². The van der Waals surface area contributed by atoms with E-state index < -0.39 is 20.6 Å². The van der Waals surface area contributed by atoms with Crippen molar-refractivity contribution in [1.82, 2.24) is 9.80 Å². The molecule has 0 aliphatic carbocycles. The lowest BCUT2D eigenvalue weighted by Crippen LogP contribution is -2.36. The molecule has 2 unspecified atom stereocenters. The summed E-state index contributed by atoms with van der Waals surface area (Å²) in [5.74, 6) is 0.455. The van der Waals surface area contributed by atoms with E-state index in [2.05, 4.69) is 20.8 Å². The quantitative estimate of drug-likeness (QED) is 0.122. The van der Waals surface area contributed by atoms with Crippen molar-refractivity contribution in [2.24, 2.45) is 10.2 Å². The van der Waals surface area contributed by atoms with Gasteiger partial charge in [0.25, 0.3) is 21.9 Å². The minimum absolute atomic E-state index is 0.123. The van der Waals surface area contributed by atoms with Gasteiger partial charge in [-0.2, -0.15) is 0 Å². The van der Waals surface area contributed by atoms with Crippen LogP contribution in [0.5, 0.6) is 0 Å². The zero-order valence-electron chi connectivity index (χ0n) is 24.9. The standard InChI is InChI=1S/C32H26N8O6S2/c41-31-37(19-21-9-3-1-4-10-21)27(29(47-31)33-23-13-7-15-25(17-23)39(43)44)35-36-28-30(34-24-14-8-16-26(18-24)40(45)46)48-32(42)38(28)20-22-11-5-2-6-12-22/h1-18,29-30,33-34H,19-20H2/b35-27+,36-28+. The van der Waals surface area contributed by atoms with Gasteiger partial charge in [0, 0.05) is 35.6 Å². The average Bonchev–Trinajstić information content (AvgIpc) is 3.53. The number of rotatable bonds is 11. The summed E-state index contributed by atoms with van der Waals surface area (Å²) in [6.07, 6.45) is 0. The third-order valence-electron chi connectivity index (χ3n) is 7.23. The number of benzene rings is 4. The van der Waals surface area contributed by atoms with Crippen LogP contribution in [0.4, 0.5) is 32.3 Å². The van der Waals surface area contributed by atoms with Crippen molar-refractivity contribution in [1.29, 1.82) is 0 Å². The van der Waals surface area contributed by atoms with Crippen LogP contribution in [0.1, 0.15) is 11.1 Å². The van der Waals surface area contributed by atoms with Crippen LogP contribution in [-0.2, 0) is 13.1 Å². The number of carbonyl (C=O) groups is 2. The van der Waals surface area contributed by atoms with E-state index in [1.807, 2.05) is 60.7 Å². The predicted octanol–water partition coefficient (Wildman–Crippen LogP) is 7.13. The zero-order chi connectivity index (χ0) is 33.6. The molecule has 242 valence electrons. The molecule has 0 aromatic heterocycles. The van der Waals surface area contributed by atoms with Gasteiger partial charge in [-0.15, -0.1) is 10.2 Å². The lowest BCUT2D eigenvalue weighted by atomic mass is 10.2. The number of nitro benzene ring substituents is 2. The second-order valence-corrected chi connectivity index (χ2v) is 12.6. The summed E-state index contributed by atoms with van der Waals surface area (Å²) in [7, 11) is 0. The Morgan fingerprint density at radius 2 is 1.00 bits per heavy atom. The van der Waals surface area contributed by atoms with Crippen LogP contribution in [-0.4, -0.2) is 52.5 Å². The number of thioether (sulfide) groups is 2. The van der Waals surface area contributed by atoms with Gasteiger partial charge in [-0.25, -0.2) is 0 Å². The fourth-order valence-electron chi connectivity index (χ4n) is 4.95. The molecule has 0 saturated carbocycles. The van der Waals surface area contributed by atoms with Gasteiger partial charge >= 0.3 is 0 Å². The lowest BCUT2D eigenvalue weighted by molar-refractivity contribution is -0.385. The van der Waals surface area contributed by atoms with E-state index in [4.69, 9.17) is 0 Å². The Hall–Kier alpha value is -5.74. The van der Waals surface area contributed by atoms with E-state index in [0.29, 0.717) is 11.4 Å². The number of anilines is 2. The smallest absolute Gasteiger partial charge is 0.289 e. The molecule has 2 saturated heterocycles. The van der Waals surface area contributed by atoms with E-state index in [-0.39, 0.29) is 46.6 Å². The highest BCUT2D eigenvalue weighted by molar-refractivity contribution is 8.15. The Kier molecular flexibility index (Phi) is 9.63. The first-order valence-corrected chi connectivity index (χ1v) is 16.2. The molecule has 4 aromatic rings. The minimum Gasteiger partial charge on any atom is -0.366 e. The number of nitrogens with one attached hydrogen (secondary N) is 2. The molecule has 16 heteroatoms. The number of hydrogen-bond donors (Lipinski definition) is 2. The third kappa shape index (κ3) is 7.45. The Balaban J connectivity index is 1.39. The summed E-state index contributed by atoms with van der Waals surface area (Å²) in [6, 6.07) is 30.4. The third-order valence-corrected chi connectivity index (χ3v) is 9.20. The highest BCUT2D eigenvalue weighted by Gasteiger charge is 2.41. The largest absolute Gasteiger partial charge is 0.366 e. The van der Waals surface area contributed by atoms with Gasteiger partial charge < -0.3 is 10.6 Å². The lowest BCUT2D eigenvalue weighted by Gasteiger charge is -2.20. The second kappa shape index (κ2) is 14.4. The van der Waals surface area contributed by atoms with E-state index in [0.717, 1.165) is 34.7 Å². The molecule has 0 radical (unpaired) electrons. The molecular formula is C32H26N8O6S2. The van der Waals surface area contributed by atoms with Gasteiger partial charge in [0.15, 0.2) is 11.7 Å². The molecule has 2 heterocycles. The molecule has 0 spiro atoms. The summed E-state index contributed by atoms with van der Waals surface area (Å²) in [5, 5.41) is 36.1. The molecule has 6 rings (SSSR count). The van der Waals surface area contributed by atoms with Gasteiger partial charge in [-0.1, -0.05) is 72.8 Å². The van der Waals surface area contributed by atoms with Crippen LogP contribution in [0.3, 0.4) is 0 Å². The molecule has 2 N–H and O–H groups in total. The van der Waals surface area contributed by atoms with Gasteiger partial charge in [0.1, 0.15) is 10.7 Å². The fourth-order valence-corrected chi connectivity index (χ4v) is 6.88. The van der Waals surface area contributed by atoms with Crippen LogP contribution in [0.2, 0.25) is 0 Å². The molecule has 2 atom stereocenters. The SMILES string of the molecule is O=C1SC(Nc2cccc([N+](=O)[O-])c2)/C(=N\N=C2/C(Nc3cccc([N+](=O)[O-])c3)SC(=O)N2Cc2ccccc2)N1Cc1ccccc1. The van der Waals surface area contributed by atoms with Gasteiger partial charge in [-0.3, -0.25) is 39.6 Å². The van der Waals surface area contributed by atoms with Gasteiger partial charge in [-0.05, 0) is 46.8 Å². The highest BCUT2D eigenvalue weighted by Crippen LogP contribution is 2.34. The molecule has 2 aliphatic heterocycles. The molecule has 4 aromatic carbocycles. The molecule has 14 nitrogen and oxygen atoms in total. The number of amidine groups is 2. The summed E-state index contributed by atoms with van der Waals surface area (Å²) < 4.78 is 0. The van der Waals surface area contributed by atoms with E-state index in [1.165, 1.54) is 46.2 Å². The Morgan fingerprint density at radius 1 is 0.604 bits per heavy atom. The summed E-state index contributed by atoms with van der Waals surface area (Å²) in [4.78, 5) is 51.5.